The molecule has 1 aromatic rings. The maximum absolute atomic E-state index is 8.88. The Morgan fingerprint density at radius 2 is 1.94 bits per heavy atom. The molecule has 0 aromatic carbocycles. The highest BCUT2D eigenvalue weighted by atomic mass is 35.5. The van der Waals surface area contributed by atoms with E-state index in [1.807, 2.05) is 18.7 Å². The van der Waals surface area contributed by atoms with Crippen LogP contribution in [0, 0.1) is 0 Å². The molecule has 96 valence electrons. The van der Waals surface area contributed by atoms with E-state index in [2.05, 4.69) is 4.98 Å². The number of aromatic nitrogens is 1. The molecule has 0 spiro atoms. The molecule has 0 saturated carbocycles. The Morgan fingerprint density at radius 1 is 1.29 bits per heavy atom. The Labute approximate surface area is 116 Å². The van der Waals surface area contributed by atoms with Gasteiger partial charge in [-0.2, -0.15) is 0 Å². The summed E-state index contributed by atoms with van der Waals surface area (Å²) in [5, 5.41) is 9.92. The summed E-state index contributed by atoms with van der Waals surface area (Å²) < 4.78 is 0. The maximum atomic E-state index is 8.88. The summed E-state index contributed by atoms with van der Waals surface area (Å²) in [6, 6.07) is 1.80. The smallest absolute Gasteiger partial charge is 0.150 e. The number of aliphatic hydroxyl groups is 1. The molecule has 1 heterocycles. The summed E-state index contributed by atoms with van der Waals surface area (Å²) >= 11 is 17.8. The second-order valence-corrected chi connectivity index (χ2v) is 5.10. The van der Waals surface area contributed by atoms with Gasteiger partial charge < -0.3 is 10.0 Å². The number of nitrogens with zero attached hydrogens (tertiary/aromatic N) is 2. The van der Waals surface area contributed by atoms with Crippen LogP contribution in [0.5, 0.6) is 0 Å². The van der Waals surface area contributed by atoms with Crippen molar-refractivity contribution in [1.29, 1.82) is 0 Å². The molecular formula is C11H15Cl3N2O. The molecule has 17 heavy (non-hydrogen) atoms. The highest BCUT2D eigenvalue weighted by Gasteiger charge is 2.17. The van der Waals surface area contributed by atoms with Crippen LogP contribution in [0.25, 0.3) is 0 Å². The Hall–Kier alpha value is -0.220. The fourth-order valence-corrected chi connectivity index (χ4v) is 2.09. The summed E-state index contributed by atoms with van der Waals surface area (Å²) in [7, 11) is 0. The van der Waals surface area contributed by atoms with Gasteiger partial charge in [0, 0.05) is 19.2 Å². The fourth-order valence-electron chi connectivity index (χ4n) is 1.49. The molecule has 1 aromatic heterocycles. The zero-order valence-electron chi connectivity index (χ0n) is 9.75. The third-order valence-electron chi connectivity index (χ3n) is 2.32. The van der Waals surface area contributed by atoms with E-state index in [1.165, 1.54) is 0 Å². The lowest BCUT2D eigenvalue weighted by Crippen LogP contribution is -2.33. The zero-order chi connectivity index (χ0) is 13.0. The van der Waals surface area contributed by atoms with Gasteiger partial charge in [-0.15, -0.1) is 0 Å². The summed E-state index contributed by atoms with van der Waals surface area (Å²) in [6.07, 6.45) is 0.649. The van der Waals surface area contributed by atoms with Crippen LogP contribution < -0.4 is 4.90 Å². The Bertz CT molecular complexity index is 385. The molecule has 0 aliphatic carbocycles. The van der Waals surface area contributed by atoms with Gasteiger partial charge in [0.1, 0.15) is 11.0 Å². The zero-order valence-corrected chi connectivity index (χ0v) is 12.0. The van der Waals surface area contributed by atoms with Crippen LogP contribution in [-0.4, -0.2) is 29.3 Å². The quantitative estimate of drug-likeness (QED) is 0.843. The molecule has 6 heteroatoms. The van der Waals surface area contributed by atoms with Crippen molar-refractivity contribution in [2.45, 2.75) is 26.3 Å². The third kappa shape index (κ3) is 3.88. The molecule has 0 unspecified atom stereocenters. The highest BCUT2D eigenvalue weighted by molar-refractivity contribution is 6.42. The molecular weight excluding hydrogens is 282 g/mol. The van der Waals surface area contributed by atoms with Gasteiger partial charge in [-0.25, -0.2) is 4.98 Å². The minimum absolute atomic E-state index is 0.127. The van der Waals surface area contributed by atoms with Crippen molar-refractivity contribution in [3.63, 3.8) is 0 Å². The number of rotatable bonds is 5. The minimum Gasteiger partial charge on any atom is -0.396 e. The Kier molecular flexibility index (Phi) is 5.80. The third-order valence-corrected chi connectivity index (χ3v) is 3.27. The van der Waals surface area contributed by atoms with E-state index in [1.54, 1.807) is 6.07 Å². The van der Waals surface area contributed by atoms with E-state index in [0.29, 0.717) is 28.8 Å². The number of pyridine rings is 1. The molecule has 0 atom stereocenters. The monoisotopic (exact) mass is 296 g/mol. The first-order chi connectivity index (χ1) is 7.97. The van der Waals surface area contributed by atoms with Gasteiger partial charge in [-0.1, -0.05) is 34.8 Å². The number of halogens is 3. The molecule has 0 radical (unpaired) electrons. The average molecular weight is 298 g/mol. The van der Waals surface area contributed by atoms with Crippen LogP contribution >= 0.6 is 34.8 Å². The summed E-state index contributed by atoms with van der Waals surface area (Å²) in [4.78, 5) is 6.18. The highest BCUT2D eigenvalue weighted by Crippen LogP contribution is 2.32. The summed E-state index contributed by atoms with van der Waals surface area (Å²) in [5.41, 5.74) is 0. The van der Waals surface area contributed by atoms with Gasteiger partial charge in [-0.3, -0.25) is 0 Å². The SMILES string of the molecule is CC(C)N(CCCO)c1nc(Cl)c(Cl)cc1Cl. The first-order valence-electron chi connectivity index (χ1n) is 5.36. The van der Waals surface area contributed by atoms with Gasteiger partial charge in [-0.05, 0) is 26.3 Å². The second-order valence-electron chi connectivity index (χ2n) is 3.93. The van der Waals surface area contributed by atoms with E-state index in [0.717, 1.165) is 0 Å². The Morgan fingerprint density at radius 3 is 2.47 bits per heavy atom. The normalized spacial score (nSPS) is 11.0. The van der Waals surface area contributed by atoms with E-state index >= 15 is 0 Å². The van der Waals surface area contributed by atoms with Gasteiger partial charge in [0.25, 0.3) is 0 Å². The van der Waals surface area contributed by atoms with Crippen molar-refractivity contribution in [3.8, 4) is 0 Å². The number of hydrogen-bond donors (Lipinski definition) is 1. The predicted octanol–water partition coefficient (Wildman–Crippen LogP) is 3.64. The fraction of sp³-hybridized carbons (Fsp3) is 0.545. The standard InChI is InChI=1S/C11H15Cl3N2O/c1-7(2)16(4-3-5-17)11-9(13)6-8(12)10(14)15-11/h6-7,17H,3-5H2,1-2H3. The van der Waals surface area contributed by atoms with Crippen molar-refractivity contribution in [2.24, 2.45) is 0 Å². The van der Waals surface area contributed by atoms with Crippen molar-refractivity contribution in [3.05, 3.63) is 21.3 Å². The van der Waals surface area contributed by atoms with Crippen LogP contribution in [0.15, 0.2) is 6.07 Å². The van der Waals surface area contributed by atoms with Crippen molar-refractivity contribution in [2.75, 3.05) is 18.1 Å². The lowest BCUT2D eigenvalue weighted by atomic mass is 10.2. The molecule has 0 saturated heterocycles. The number of anilines is 1. The Balaban J connectivity index is 3.05. The number of aliphatic hydroxyl groups excluding tert-OH is 1. The lowest BCUT2D eigenvalue weighted by molar-refractivity contribution is 0.288. The largest absolute Gasteiger partial charge is 0.396 e. The maximum Gasteiger partial charge on any atom is 0.150 e. The van der Waals surface area contributed by atoms with Crippen LogP contribution in [0.2, 0.25) is 15.2 Å². The molecule has 1 N–H and O–H groups in total. The molecule has 0 bridgehead atoms. The van der Waals surface area contributed by atoms with Crippen LogP contribution in [-0.2, 0) is 0 Å². The predicted molar refractivity (Wildman–Crippen MR) is 73.5 cm³/mol. The first kappa shape index (κ1) is 14.8. The van der Waals surface area contributed by atoms with Gasteiger partial charge >= 0.3 is 0 Å². The first-order valence-corrected chi connectivity index (χ1v) is 6.49. The molecule has 0 aliphatic heterocycles. The van der Waals surface area contributed by atoms with Gasteiger partial charge in [0.15, 0.2) is 0 Å². The van der Waals surface area contributed by atoms with Crippen LogP contribution in [0.3, 0.4) is 0 Å². The van der Waals surface area contributed by atoms with Crippen molar-refractivity contribution in [1.82, 2.24) is 4.98 Å². The summed E-state index contributed by atoms with van der Waals surface area (Å²) in [5.74, 6) is 0.601. The molecule has 0 amide bonds. The topological polar surface area (TPSA) is 36.4 Å². The van der Waals surface area contributed by atoms with E-state index < -0.39 is 0 Å². The second kappa shape index (κ2) is 6.64. The molecule has 0 fully saturated rings. The van der Waals surface area contributed by atoms with Crippen LogP contribution in [0.1, 0.15) is 20.3 Å². The van der Waals surface area contributed by atoms with Gasteiger partial charge in [0.05, 0.1) is 10.0 Å². The minimum atomic E-state index is 0.127. The molecule has 1 rings (SSSR count). The molecule has 3 nitrogen and oxygen atoms in total. The van der Waals surface area contributed by atoms with E-state index in [9.17, 15) is 0 Å². The van der Waals surface area contributed by atoms with Crippen LogP contribution in [0.4, 0.5) is 5.82 Å². The van der Waals surface area contributed by atoms with Crippen molar-refractivity contribution < 1.29 is 5.11 Å². The number of hydrogen-bond acceptors (Lipinski definition) is 3. The van der Waals surface area contributed by atoms with E-state index in [4.69, 9.17) is 39.9 Å². The average Bonchev–Trinajstić information content (AvgIpc) is 2.25. The summed E-state index contributed by atoms with van der Waals surface area (Å²) in [6.45, 7) is 4.84. The van der Waals surface area contributed by atoms with E-state index in [-0.39, 0.29) is 17.8 Å². The van der Waals surface area contributed by atoms with Gasteiger partial charge in [0.2, 0.25) is 0 Å². The van der Waals surface area contributed by atoms with Crippen molar-refractivity contribution >= 4 is 40.6 Å². The molecule has 0 aliphatic rings. The lowest BCUT2D eigenvalue weighted by Gasteiger charge is -2.28.